The van der Waals surface area contributed by atoms with Crippen LogP contribution in [0.4, 0.5) is 5.69 Å². The number of carbonyl (C=O) groups is 1. The third-order valence-corrected chi connectivity index (χ3v) is 5.29. The van der Waals surface area contributed by atoms with Crippen molar-refractivity contribution >= 4 is 21.7 Å². The van der Waals surface area contributed by atoms with Crippen LogP contribution in [0.25, 0.3) is 0 Å². The van der Waals surface area contributed by atoms with Gasteiger partial charge < -0.3 is 4.74 Å². The van der Waals surface area contributed by atoms with Gasteiger partial charge in [0.25, 0.3) is 10.0 Å². The number of esters is 1. The number of hydrogen-bond donors (Lipinski definition) is 0. The smallest absolute Gasteiger partial charge is 0.337 e. The summed E-state index contributed by atoms with van der Waals surface area (Å²) >= 11 is 0. The van der Waals surface area contributed by atoms with E-state index in [1.165, 1.54) is 35.7 Å². The van der Waals surface area contributed by atoms with E-state index < -0.39 is 16.0 Å². The second-order valence-electron chi connectivity index (χ2n) is 5.25. The van der Waals surface area contributed by atoms with Crippen LogP contribution in [-0.2, 0) is 14.8 Å². The van der Waals surface area contributed by atoms with E-state index in [4.69, 9.17) is 0 Å². The summed E-state index contributed by atoms with van der Waals surface area (Å²) in [5.41, 5.74) is 0.774. The van der Waals surface area contributed by atoms with Crippen LogP contribution in [-0.4, -0.2) is 27.5 Å². The Morgan fingerprint density at radius 1 is 1.04 bits per heavy atom. The van der Waals surface area contributed by atoms with Gasteiger partial charge in [0.05, 0.1) is 23.3 Å². The predicted octanol–water partition coefficient (Wildman–Crippen LogP) is 3.08. The third kappa shape index (κ3) is 3.53. The molecule has 5 nitrogen and oxygen atoms in total. The Morgan fingerprint density at radius 3 is 2.26 bits per heavy atom. The summed E-state index contributed by atoms with van der Waals surface area (Å²) in [6, 6.07) is 14.4. The molecule has 0 heterocycles. The number of methoxy groups -OCH3 is 1. The number of ether oxygens (including phenoxy) is 1. The Morgan fingerprint density at radius 2 is 1.70 bits per heavy atom. The highest BCUT2D eigenvalue weighted by Crippen LogP contribution is 2.26. The van der Waals surface area contributed by atoms with Gasteiger partial charge in [-0.2, -0.15) is 0 Å². The highest BCUT2D eigenvalue weighted by molar-refractivity contribution is 7.92. The molecular weight excluding hydrogens is 314 g/mol. The molecule has 0 saturated carbocycles. The molecule has 0 spiro atoms. The number of rotatable bonds is 5. The molecule has 0 aromatic heterocycles. The molecule has 0 aliphatic heterocycles. The molecule has 0 fully saturated rings. The van der Waals surface area contributed by atoms with Gasteiger partial charge in [-0.15, -0.1) is 0 Å². The summed E-state index contributed by atoms with van der Waals surface area (Å²) in [5.74, 6) is -0.571. The average Bonchev–Trinajstić information content (AvgIpc) is 2.54. The lowest BCUT2D eigenvalue weighted by molar-refractivity contribution is 0.0600. The molecule has 2 aromatic rings. The normalized spacial score (nSPS) is 11.3. The van der Waals surface area contributed by atoms with Crippen LogP contribution in [0.5, 0.6) is 0 Å². The van der Waals surface area contributed by atoms with Crippen LogP contribution in [0.1, 0.15) is 24.2 Å². The first kappa shape index (κ1) is 17.0. The summed E-state index contributed by atoms with van der Waals surface area (Å²) in [5, 5.41) is 0. The minimum absolute atomic E-state index is 0.0537. The molecule has 0 atom stereocenters. The van der Waals surface area contributed by atoms with Crippen molar-refractivity contribution in [1.82, 2.24) is 0 Å². The van der Waals surface area contributed by atoms with E-state index in [0.717, 1.165) is 0 Å². The van der Waals surface area contributed by atoms with Crippen molar-refractivity contribution in [3.8, 4) is 0 Å². The number of nitrogens with zero attached hydrogens (tertiary/aromatic N) is 1. The van der Waals surface area contributed by atoms with Crippen molar-refractivity contribution < 1.29 is 17.9 Å². The van der Waals surface area contributed by atoms with Crippen molar-refractivity contribution in [2.75, 3.05) is 11.4 Å². The molecule has 2 aromatic carbocycles. The molecule has 0 saturated heterocycles. The Labute approximate surface area is 136 Å². The third-order valence-electron chi connectivity index (χ3n) is 3.29. The molecule has 0 amide bonds. The molecule has 0 aliphatic rings. The largest absolute Gasteiger partial charge is 0.465 e. The molecule has 6 heteroatoms. The molecular formula is C17H19NO4S. The van der Waals surface area contributed by atoms with Gasteiger partial charge in [0, 0.05) is 6.04 Å². The molecule has 0 N–H and O–H groups in total. The summed E-state index contributed by atoms with van der Waals surface area (Å²) in [4.78, 5) is 11.7. The van der Waals surface area contributed by atoms with Gasteiger partial charge in [0.2, 0.25) is 0 Å². The Bertz CT molecular complexity index is 785. The maximum atomic E-state index is 13.0. The van der Waals surface area contributed by atoms with Gasteiger partial charge in [-0.05, 0) is 44.2 Å². The van der Waals surface area contributed by atoms with Gasteiger partial charge in [-0.1, -0.05) is 24.3 Å². The van der Waals surface area contributed by atoms with Gasteiger partial charge in [-0.3, -0.25) is 4.31 Å². The lowest BCUT2D eigenvalue weighted by Crippen LogP contribution is -2.37. The van der Waals surface area contributed by atoms with E-state index in [-0.39, 0.29) is 16.5 Å². The fourth-order valence-corrected chi connectivity index (χ4v) is 4.01. The molecule has 0 unspecified atom stereocenters. The number of benzene rings is 2. The minimum atomic E-state index is -3.79. The molecule has 0 bridgehead atoms. The topological polar surface area (TPSA) is 63.7 Å². The van der Waals surface area contributed by atoms with E-state index in [9.17, 15) is 13.2 Å². The minimum Gasteiger partial charge on any atom is -0.465 e. The van der Waals surface area contributed by atoms with Crippen LogP contribution in [0.2, 0.25) is 0 Å². The van der Waals surface area contributed by atoms with E-state index in [1.54, 1.807) is 38.1 Å². The first-order chi connectivity index (χ1) is 10.9. The SMILES string of the molecule is COC(=O)c1cccc(S(=O)(=O)N(c2ccccc2)C(C)C)c1. The first-order valence-corrected chi connectivity index (χ1v) is 8.60. The maximum Gasteiger partial charge on any atom is 0.337 e. The highest BCUT2D eigenvalue weighted by Gasteiger charge is 2.28. The van der Waals surface area contributed by atoms with Crippen LogP contribution >= 0.6 is 0 Å². The monoisotopic (exact) mass is 333 g/mol. The van der Waals surface area contributed by atoms with Crippen LogP contribution in [0, 0.1) is 0 Å². The van der Waals surface area contributed by atoms with Crippen molar-refractivity contribution in [1.29, 1.82) is 0 Å². The number of para-hydroxylation sites is 1. The second-order valence-corrected chi connectivity index (χ2v) is 7.06. The average molecular weight is 333 g/mol. The van der Waals surface area contributed by atoms with E-state index in [0.29, 0.717) is 5.69 Å². The highest BCUT2D eigenvalue weighted by atomic mass is 32.2. The molecule has 0 aliphatic carbocycles. The van der Waals surface area contributed by atoms with Crippen molar-refractivity contribution in [2.45, 2.75) is 24.8 Å². The van der Waals surface area contributed by atoms with Crippen LogP contribution in [0.15, 0.2) is 59.5 Å². The molecule has 23 heavy (non-hydrogen) atoms. The maximum absolute atomic E-state index is 13.0. The van der Waals surface area contributed by atoms with Crippen molar-refractivity contribution in [3.63, 3.8) is 0 Å². The molecule has 0 radical (unpaired) electrons. The quantitative estimate of drug-likeness (QED) is 0.789. The first-order valence-electron chi connectivity index (χ1n) is 7.16. The number of anilines is 1. The van der Waals surface area contributed by atoms with Crippen LogP contribution < -0.4 is 4.31 Å². The van der Waals surface area contributed by atoms with Crippen LogP contribution in [0.3, 0.4) is 0 Å². The summed E-state index contributed by atoms with van der Waals surface area (Å²) < 4.78 is 32.0. The van der Waals surface area contributed by atoms with Crippen molar-refractivity contribution in [2.24, 2.45) is 0 Å². The van der Waals surface area contributed by atoms with Gasteiger partial charge in [-0.25, -0.2) is 13.2 Å². The zero-order valence-corrected chi connectivity index (χ0v) is 14.1. The van der Waals surface area contributed by atoms with E-state index in [2.05, 4.69) is 4.74 Å². The number of sulfonamides is 1. The number of carbonyl (C=O) groups excluding carboxylic acids is 1. The fraction of sp³-hybridized carbons (Fsp3) is 0.235. The summed E-state index contributed by atoms with van der Waals surface area (Å²) in [6.45, 7) is 3.60. The van der Waals surface area contributed by atoms with E-state index >= 15 is 0 Å². The fourth-order valence-electron chi connectivity index (χ4n) is 2.30. The summed E-state index contributed by atoms with van der Waals surface area (Å²) in [7, 11) is -2.53. The Kier molecular flexibility index (Phi) is 5.05. The summed E-state index contributed by atoms with van der Waals surface area (Å²) in [6.07, 6.45) is 0. The van der Waals surface area contributed by atoms with Crippen molar-refractivity contribution in [3.05, 3.63) is 60.2 Å². The van der Waals surface area contributed by atoms with Gasteiger partial charge in [0.1, 0.15) is 0 Å². The Hall–Kier alpha value is -2.34. The van der Waals surface area contributed by atoms with E-state index in [1.807, 2.05) is 6.07 Å². The van der Waals surface area contributed by atoms with Gasteiger partial charge >= 0.3 is 5.97 Å². The lowest BCUT2D eigenvalue weighted by atomic mass is 10.2. The zero-order valence-electron chi connectivity index (χ0n) is 13.3. The predicted molar refractivity (Wildman–Crippen MR) is 89.0 cm³/mol. The second kappa shape index (κ2) is 6.83. The lowest BCUT2D eigenvalue weighted by Gasteiger charge is -2.28. The molecule has 2 rings (SSSR count). The zero-order chi connectivity index (χ0) is 17.0. The van der Waals surface area contributed by atoms with Gasteiger partial charge in [0.15, 0.2) is 0 Å². The standard InChI is InChI=1S/C17H19NO4S/c1-13(2)18(15-9-5-4-6-10-15)23(20,21)16-11-7-8-14(12-16)17(19)22-3/h4-13H,1-3H3. The Balaban J connectivity index is 2.53. The molecule has 122 valence electrons. The number of hydrogen-bond acceptors (Lipinski definition) is 4.